The maximum absolute atomic E-state index is 12.0. The second-order valence-electron chi connectivity index (χ2n) is 5.73. The van der Waals surface area contributed by atoms with E-state index in [0.29, 0.717) is 17.8 Å². The number of carbonyl (C=O) groups excluding carboxylic acids is 3. The van der Waals surface area contributed by atoms with E-state index in [2.05, 4.69) is 10.6 Å². The average molecular weight is 375 g/mol. The summed E-state index contributed by atoms with van der Waals surface area (Å²) in [7, 11) is 0. The van der Waals surface area contributed by atoms with E-state index in [1.54, 1.807) is 12.1 Å². The maximum atomic E-state index is 12.0. The Morgan fingerprint density at radius 3 is 2.59 bits per heavy atom. The van der Waals surface area contributed by atoms with Crippen LogP contribution in [0.5, 0.6) is 5.75 Å². The number of hydrogen-bond acceptors (Lipinski definition) is 7. The highest BCUT2D eigenvalue weighted by Crippen LogP contribution is 2.23. The van der Waals surface area contributed by atoms with Crippen molar-refractivity contribution in [2.24, 2.45) is 0 Å². The molecule has 144 valence electrons. The summed E-state index contributed by atoms with van der Waals surface area (Å²) >= 11 is 0. The van der Waals surface area contributed by atoms with Gasteiger partial charge in [0.25, 0.3) is 5.91 Å². The fourth-order valence-electron chi connectivity index (χ4n) is 2.38. The quantitative estimate of drug-likeness (QED) is 0.571. The minimum absolute atomic E-state index is 0.322. The van der Waals surface area contributed by atoms with Gasteiger partial charge in [0.2, 0.25) is 5.91 Å². The molecule has 27 heavy (non-hydrogen) atoms. The third-order valence-corrected chi connectivity index (χ3v) is 3.72. The van der Waals surface area contributed by atoms with Gasteiger partial charge in [-0.25, -0.2) is 4.79 Å². The molecular formula is C18H19N2O7-. The van der Waals surface area contributed by atoms with Crippen LogP contribution in [0.4, 0.5) is 0 Å². The summed E-state index contributed by atoms with van der Waals surface area (Å²) in [6.07, 6.45) is -0.265. The predicted molar refractivity (Wildman–Crippen MR) is 93.0 cm³/mol. The van der Waals surface area contributed by atoms with Crippen LogP contribution in [0.2, 0.25) is 0 Å². The van der Waals surface area contributed by atoms with Crippen molar-refractivity contribution < 1.29 is 28.6 Å². The number of carboxylic acids is 1. The van der Waals surface area contributed by atoms with Gasteiger partial charge in [-0.05, 0) is 31.0 Å². The summed E-state index contributed by atoms with van der Waals surface area (Å²) in [5.41, 5.74) is 0.733. The molecule has 2 aromatic rings. The van der Waals surface area contributed by atoms with Gasteiger partial charge in [-0.1, -0.05) is 6.92 Å². The molecule has 2 rings (SSSR count). The van der Waals surface area contributed by atoms with E-state index < -0.39 is 42.6 Å². The zero-order chi connectivity index (χ0) is 20.0. The molecule has 0 saturated heterocycles. The number of carboxylic acid groups (broad SMARTS) is 1. The van der Waals surface area contributed by atoms with Gasteiger partial charge in [0.05, 0.1) is 19.1 Å². The molecule has 2 N–H and O–H groups in total. The Labute approximate surface area is 154 Å². The zero-order valence-corrected chi connectivity index (χ0v) is 14.9. The van der Waals surface area contributed by atoms with Gasteiger partial charge in [0.15, 0.2) is 6.10 Å². The van der Waals surface area contributed by atoms with Crippen LogP contribution in [0, 0.1) is 0 Å². The minimum Gasteiger partial charge on any atom is -0.548 e. The van der Waals surface area contributed by atoms with Crippen LogP contribution < -0.4 is 26.1 Å². The molecular weight excluding hydrogens is 356 g/mol. The maximum Gasteiger partial charge on any atom is 0.336 e. The largest absolute Gasteiger partial charge is 0.548 e. The lowest BCUT2D eigenvalue weighted by Gasteiger charge is -2.15. The molecule has 0 spiro atoms. The van der Waals surface area contributed by atoms with Crippen molar-refractivity contribution >= 4 is 28.8 Å². The molecule has 0 aliphatic rings. The number of hydrogen-bond donors (Lipinski definition) is 2. The Kier molecular flexibility index (Phi) is 6.53. The van der Waals surface area contributed by atoms with E-state index in [1.807, 2.05) is 6.92 Å². The van der Waals surface area contributed by atoms with Gasteiger partial charge in [-0.2, -0.15) is 0 Å². The van der Waals surface area contributed by atoms with E-state index in [9.17, 15) is 24.3 Å². The number of amides is 2. The molecule has 0 fully saturated rings. The highest BCUT2D eigenvalue weighted by Gasteiger charge is 2.16. The number of fused-ring (bicyclic) bond motifs is 1. The Morgan fingerprint density at radius 1 is 1.19 bits per heavy atom. The van der Waals surface area contributed by atoms with Crippen LogP contribution in [-0.2, 0) is 20.8 Å². The van der Waals surface area contributed by atoms with E-state index >= 15 is 0 Å². The normalized spacial score (nSPS) is 11.6. The summed E-state index contributed by atoms with van der Waals surface area (Å²) in [5.74, 6) is -2.34. The van der Waals surface area contributed by atoms with Crippen molar-refractivity contribution in [1.82, 2.24) is 10.6 Å². The summed E-state index contributed by atoms with van der Waals surface area (Å²) in [5, 5.41) is 15.4. The van der Waals surface area contributed by atoms with Crippen LogP contribution in [0.25, 0.3) is 11.0 Å². The zero-order valence-electron chi connectivity index (χ0n) is 14.9. The second-order valence-corrected chi connectivity index (χ2v) is 5.73. The number of rotatable bonds is 8. The number of benzene rings is 1. The predicted octanol–water partition coefficient (Wildman–Crippen LogP) is -0.895. The number of aryl methyl sites for hydroxylation is 1. The average Bonchev–Trinajstić information content (AvgIpc) is 2.63. The molecule has 0 aliphatic carbocycles. The van der Waals surface area contributed by atoms with Gasteiger partial charge >= 0.3 is 5.63 Å². The molecule has 0 saturated carbocycles. The van der Waals surface area contributed by atoms with Crippen LogP contribution in [0.3, 0.4) is 0 Å². The van der Waals surface area contributed by atoms with Gasteiger partial charge in [-0.15, -0.1) is 0 Å². The van der Waals surface area contributed by atoms with Crippen molar-refractivity contribution in [3.63, 3.8) is 0 Å². The Bertz CT molecular complexity index is 920. The van der Waals surface area contributed by atoms with Crippen LogP contribution in [-0.4, -0.2) is 37.0 Å². The lowest BCUT2D eigenvalue weighted by atomic mass is 10.1. The smallest absolute Gasteiger partial charge is 0.336 e. The first-order valence-electron chi connectivity index (χ1n) is 8.27. The standard InChI is InChI=1S/C18H20N2O7/c1-3-11-6-17(24)27-14-7-12(4-5-13(11)14)26-10(2)18(25)20-8-15(21)19-9-16(22)23/h4-7,10H,3,8-9H2,1-2H3,(H,19,21)(H,20,25)(H,22,23)/p-1/t10-/m1/s1. The SMILES string of the molecule is CCc1cc(=O)oc2cc(O[C@H](C)C(=O)NCC(=O)NCC(=O)[O-])ccc12. The first-order chi connectivity index (χ1) is 12.8. The molecule has 0 unspecified atom stereocenters. The fourth-order valence-corrected chi connectivity index (χ4v) is 2.38. The highest BCUT2D eigenvalue weighted by molar-refractivity contribution is 5.88. The molecule has 0 aliphatic heterocycles. The summed E-state index contributed by atoms with van der Waals surface area (Å²) in [6.45, 7) is 2.38. The van der Waals surface area contributed by atoms with Crippen molar-refractivity contribution in [2.45, 2.75) is 26.4 Å². The Hall–Kier alpha value is -3.36. The van der Waals surface area contributed by atoms with E-state index in [4.69, 9.17) is 9.15 Å². The van der Waals surface area contributed by atoms with Crippen molar-refractivity contribution in [3.05, 3.63) is 40.2 Å². The molecule has 2 amide bonds. The Morgan fingerprint density at radius 2 is 1.93 bits per heavy atom. The highest BCUT2D eigenvalue weighted by atomic mass is 16.5. The number of aliphatic carboxylic acids is 1. The fraction of sp³-hybridized carbons (Fsp3) is 0.333. The van der Waals surface area contributed by atoms with Crippen molar-refractivity contribution in [1.29, 1.82) is 0 Å². The summed E-state index contributed by atoms with van der Waals surface area (Å²) in [4.78, 5) is 45.2. The van der Waals surface area contributed by atoms with Crippen LogP contribution >= 0.6 is 0 Å². The van der Waals surface area contributed by atoms with Gasteiger partial charge in [-0.3, -0.25) is 9.59 Å². The van der Waals surface area contributed by atoms with Gasteiger partial charge in [0.1, 0.15) is 11.3 Å². The first-order valence-corrected chi connectivity index (χ1v) is 8.27. The molecule has 0 radical (unpaired) electrons. The van der Waals surface area contributed by atoms with Crippen molar-refractivity contribution in [3.8, 4) is 5.75 Å². The second kappa shape index (κ2) is 8.84. The first kappa shape index (κ1) is 20.0. The molecule has 9 heteroatoms. The molecule has 1 atom stereocenters. The lowest BCUT2D eigenvalue weighted by Crippen LogP contribution is -2.45. The third kappa shape index (κ3) is 5.56. The molecule has 9 nitrogen and oxygen atoms in total. The number of carbonyl (C=O) groups is 3. The monoisotopic (exact) mass is 375 g/mol. The third-order valence-electron chi connectivity index (χ3n) is 3.72. The summed E-state index contributed by atoms with van der Waals surface area (Å²) in [6, 6.07) is 6.35. The number of ether oxygens (including phenoxy) is 1. The minimum atomic E-state index is -1.43. The van der Waals surface area contributed by atoms with E-state index in [-0.39, 0.29) is 0 Å². The van der Waals surface area contributed by atoms with Gasteiger partial charge in [0, 0.05) is 17.5 Å². The van der Waals surface area contributed by atoms with Crippen molar-refractivity contribution in [2.75, 3.05) is 13.1 Å². The van der Waals surface area contributed by atoms with Gasteiger partial charge < -0.3 is 29.7 Å². The molecule has 1 aromatic carbocycles. The summed E-state index contributed by atoms with van der Waals surface area (Å²) < 4.78 is 10.7. The van der Waals surface area contributed by atoms with E-state index in [1.165, 1.54) is 19.1 Å². The van der Waals surface area contributed by atoms with E-state index in [0.717, 1.165) is 10.9 Å². The van der Waals surface area contributed by atoms with Crippen LogP contribution in [0.1, 0.15) is 19.4 Å². The molecule has 1 aromatic heterocycles. The number of nitrogens with one attached hydrogen (secondary N) is 2. The Balaban J connectivity index is 1.99. The van der Waals surface area contributed by atoms with Crippen LogP contribution in [0.15, 0.2) is 33.5 Å². The lowest BCUT2D eigenvalue weighted by molar-refractivity contribution is -0.304. The topological polar surface area (TPSA) is 138 Å². The molecule has 1 heterocycles. The molecule has 0 bridgehead atoms.